The molecule has 2 atom stereocenters. The first kappa shape index (κ1) is 18.7. The van der Waals surface area contributed by atoms with Crippen molar-refractivity contribution < 1.29 is 19.1 Å². The van der Waals surface area contributed by atoms with Crippen LogP contribution in [0.1, 0.15) is 51.2 Å². The Hall–Kier alpha value is -1.33. The van der Waals surface area contributed by atoms with Crippen LogP contribution < -0.4 is 5.32 Å². The van der Waals surface area contributed by atoms with Crippen molar-refractivity contribution in [3.05, 3.63) is 23.2 Å². The number of carbonyl (C=O) groups excluding carboxylic acids is 1. The molecule has 0 aliphatic rings. The van der Waals surface area contributed by atoms with Gasteiger partial charge in [-0.05, 0) is 46.1 Å². The molecule has 0 aromatic carbocycles. The van der Waals surface area contributed by atoms with Crippen molar-refractivity contribution in [2.45, 2.75) is 59.7 Å². The van der Waals surface area contributed by atoms with Crippen molar-refractivity contribution >= 4 is 5.91 Å². The van der Waals surface area contributed by atoms with Crippen LogP contribution in [0.3, 0.4) is 0 Å². The SMILES string of the molecule is Cc1cc(C(C)(O)CNC(=O)C(C)OCCC(C)C)c(C)o1. The van der Waals surface area contributed by atoms with E-state index in [4.69, 9.17) is 9.15 Å². The van der Waals surface area contributed by atoms with Gasteiger partial charge in [-0.3, -0.25) is 4.79 Å². The standard InChI is InChI=1S/C17H29NO4/c1-11(2)7-8-21-14(5)16(19)18-10-17(6,20)15-9-12(3)22-13(15)4/h9,11,14,20H,7-8,10H2,1-6H3,(H,18,19). The molecule has 0 radical (unpaired) electrons. The molecule has 0 aliphatic heterocycles. The summed E-state index contributed by atoms with van der Waals surface area (Å²) in [5, 5.41) is 13.3. The molecule has 0 fully saturated rings. The summed E-state index contributed by atoms with van der Waals surface area (Å²) in [7, 11) is 0. The summed E-state index contributed by atoms with van der Waals surface area (Å²) in [5.74, 6) is 1.73. The predicted molar refractivity (Wildman–Crippen MR) is 85.6 cm³/mol. The normalized spacial score (nSPS) is 15.6. The Bertz CT molecular complexity index is 491. The molecule has 1 heterocycles. The Morgan fingerprint density at radius 2 is 2.05 bits per heavy atom. The summed E-state index contributed by atoms with van der Waals surface area (Å²) < 4.78 is 10.9. The summed E-state index contributed by atoms with van der Waals surface area (Å²) in [6.07, 6.45) is 0.393. The van der Waals surface area contributed by atoms with E-state index in [0.717, 1.165) is 12.2 Å². The van der Waals surface area contributed by atoms with E-state index in [-0.39, 0.29) is 12.5 Å². The maximum atomic E-state index is 12.0. The summed E-state index contributed by atoms with van der Waals surface area (Å²) >= 11 is 0. The lowest BCUT2D eigenvalue weighted by atomic mass is 9.96. The molecule has 22 heavy (non-hydrogen) atoms. The highest BCUT2D eigenvalue weighted by molar-refractivity contribution is 5.80. The van der Waals surface area contributed by atoms with Crippen LogP contribution in [0.4, 0.5) is 0 Å². The van der Waals surface area contributed by atoms with Crippen molar-refractivity contribution in [3.63, 3.8) is 0 Å². The zero-order valence-electron chi connectivity index (χ0n) is 14.5. The average Bonchev–Trinajstić information content (AvgIpc) is 2.75. The average molecular weight is 311 g/mol. The van der Waals surface area contributed by atoms with E-state index in [2.05, 4.69) is 19.2 Å². The largest absolute Gasteiger partial charge is 0.466 e. The number of amides is 1. The lowest BCUT2D eigenvalue weighted by molar-refractivity contribution is -0.133. The number of hydrogen-bond acceptors (Lipinski definition) is 4. The summed E-state index contributed by atoms with van der Waals surface area (Å²) in [6.45, 7) is 11.9. The Balaban J connectivity index is 2.50. The van der Waals surface area contributed by atoms with E-state index in [1.54, 1.807) is 26.8 Å². The first-order valence-corrected chi connectivity index (χ1v) is 7.82. The van der Waals surface area contributed by atoms with Gasteiger partial charge in [0.25, 0.3) is 0 Å². The monoisotopic (exact) mass is 311 g/mol. The first-order chi connectivity index (χ1) is 10.1. The Kier molecular flexibility index (Phi) is 6.63. The van der Waals surface area contributed by atoms with Gasteiger partial charge in [-0.15, -0.1) is 0 Å². The molecule has 0 saturated carbocycles. The van der Waals surface area contributed by atoms with Gasteiger partial charge in [-0.1, -0.05) is 13.8 Å². The molecule has 1 rings (SSSR count). The highest BCUT2D eigenvalue weighted by Gasteiger charge is 2.29. The number of nitrogens with one attached hydrogen (secondary N) is 1. The fraction of sp³-hybridized carbons (Fsp3) is 0.706. The first-order valence-electron chi connectivity index (χ1n) is 7.82. The van der Waals surface area contributed by atoms with Gasteiger partial charge in [0, 0.05) is 12.2 Å². The highest BCUT2D eigenvalue weighted by Crippen LogP contribution is 2.26. The van der Waals surface area contributed by atoms with Crippen LogP contribution in [-0.4, -0.2) is 30.3 Å². The molecule has 0 saturated heterocycles. The number of ether oxygens (including phenoxy) is 1. The molecule has 126 valence electrons. The van der Waals surface area contributed by atoms with Crippen LogP contribution in [0.15, 0.2) is 10.5 Å². The van der Waals surface area contributed by atoms with E-state index in [9.17, 15) is 9.90 Å². The maximum absolute atomic E-state index is 12.0. The number of furan rings is 1. The molecule has 1 amide bonds. The highest BCUT2D eigenvalue weighted by atomic mass is 16.5. The van der Waals surface area contributed by atoms with E-state index < -0.39 is 11.7 Å². The molecule has 0 spiro atoms. The van der Waals surface area contributed by atoms with Gasteiger partial charge in [0.1, 0.15) is 23.2 Å². The summed E-state index contributed by atoms with van der Waals surface area (Å²) in [6, 6.07) is 1.80. The lowest BCUT2D eigenvalue weighted by Gasteiger charge is -2.24. The van der Waals surface area contributed by atoms with Crippen LogP contribution in [0.2, 0.25) is 0 Å². The molecule has 5 nitrogen and oxygen atoms in total. The third-order valence-corrected chi connectivity index (χ3v) is 3.66. The number of carbonyl (C=O) groups is 1. The minimum absolute atomic E-state index is 0.115. The fourth-order valence-corrected chi connectivity index (χ4v) is 2.22. The second kappa shape index (κ2) is 7.79. The molecule has 1 aromatic rings. The van der Waals surface area contributed by atoms with Gasteiger partial charge in [0.2, 0.25) is 5.91 Å². The van der Waals surface area contributed by atoms with Crippen LogP contribution in [-0.2, 0) is 15.1 Å². The van der Waals surface area contributed by atoms with Gasteiger partial charge in [-0.2, -0.15) is 0 Å². The minimum Gasteiger partial charge on any atom is -0.466 e. The van der Waals surface area contributed by atoms with Gasteiger partial charge in [0.15, 0.2) is 0 Å². The minimum atomic E-state index is -1.17. The molecular weight excluding hydrogens is 282 g/mol. The smallest absolute Gasteiger partial charge is 0.248 e. The number of aryl methyl sites for hydroxylation is 2. The number of aliphatic hydroxyl groups is 1. The van der Waals surface area contributed by atoms with Gasteiger partial charge in [-0.25, -0.2) is 0 Å². The zero-order chi connectivity index (χ0) is 16.9. The van der Waals surface area contributed by atoms with Crippen LogP contribution in [0.5, 0.6) is 0 Å². The zero-order valence-corrected chi connectivity index (χ0v) is 14.5. The third-order valence-electron chi connectivity index (χ3n) is 3.66. The second-order valence-electron chi connectivity index (χ2n) is 6.51. The molecule has 2 N–H and O–H groups in total. The second-order valence-corrected chi connectivity index (χ2v) is 6.51. The summed E-state index contributed by atoms with van der Waals surface area (Å²) in [5.41, 5.74) is -0.478. The van der Waals surface area contributed by atoms with Crippen molar-refractivity contribution in [1.82, 2.24) is 5.32 Å². The Morgan fingerprint density at radius 3 is 2.55 bits per heavy atom. The topological polar surface area (TPSA) is 71.7 Å². The molecule has 0 aliphatic carbocycles. The fourth-order valence-electron chi connectivity index (χ4n) is 2.22. The van der Waals surface area contributed by atoms with Gasteiger partial charge in [0.05, 0.1) is 6.54 Å². The molecule has 5 heteroatoms. The Morgan fingerprint density at radius 1 is 1.41 bits per heavy atom. The molecule has 2 unspecified atom stereocenters. The number of hydrogen-bond donors (Lipinski definition) is 2. The lowest BCUT2D eigenvalue weighted by Crippen LogP contribution is -2.43. The van der Waals surface area contributed by atoms with Crippen LogP contribution >= 0.6 is 0 Å². The van der Waals surface area contributed by atoms with E-state index >= 15 is 0 Å². The molecular formula is C17H29NO4. The van der Waals surface area contributed by atoms with Crippen LogP contribution in [0.25, 0.3) is 0 Å². The van der Waals surface area contributed by atoms with Crippen molar-refractivity contribution in [2.24, 2.45) is 5.92 Å². The van der Waals surface area contributed by atoms with Crippen molar-refractivity contribution in [1.29, 1.82) is 0 Å². The quantitative estimate of drug-likeness (QED) is 0.774. The van der Waals surface area contributed by atoms with E-state index in [1.165, 1.54) is 0 Å². The van der Waals surface area contributed by atoms with Gasteiger partial charge < -0.3 is 19.6 Å². The van der Waals surface area contributed by atoms with Crippen LogP contribution in [0, 0.1) is 19.8 Å². The van der Waals surface area contributed by atoms with Gasteiger partial charge >= 0.3 is 0 Å². The third kappa shape index (κ3) is 5.46. The molecule has 0 bridgehead atoms. The summed E-state index contributed by atoms with van der Waals surface area (Å²) in [4.78, 5) is 12.0. The Labute approximate surface area is 133 Å². The van der Waals surface area contributed by atoms with Crippen molar-refractivity contribution in [2.75, 3.05) is 13.2 Å². The maximum Gasteiger partial charge on any atom is 0.248 e. The predicted octanol–water partition coefficient (Wildman–Crippen LogP) is 2.67. The van der Waals surface area contributed by atoms with Crippen molar-refractivity contribution in [3.8, 4) is 0 Å². The number of rotatable bonds is 8. The van der Waals surface area contributed by atoms with E-state index in [0.29, 0.717) is 23.8 Å². The van der Waals surface area contributed by atoms with E-state index in [1.807, 2.05) is 6.92 Å². The molecule has 1 aromatic heterocycles.